The van der Waals surface area contributed by atoms with Crippen LogP contribution in [0.15, 0.2) is 18.2 Å². The van der Waals surface area contributed by atoms with E-state index >= 15 is 0 Å². The molecular formula is C18H29FN2. The molecule has 21 heavy (non-hydrogen) atoms. The number of piperidine rings is 1. The van der Waals surface area contributed by atoms with E-state index in [9.17, 15) is 4.39 Å². The molecule has 2 nitrogen and oxygen atoms in total. The third-order valence-corrected chi connectivity index (χ3v) is 4.29. The molecule has 3 heteroatoms. The summed E-state index contributed by atoms with van der Waals surface area (Å²) < 4.78 is 13.6. The predicted octanol–water partition coefficient (Wildman–Crippen LogP) is 4.34. The van der Waals surface area contributed by atoms with Crippen molar-refractivity contribution in [2.24, 2.45) is 5.92 Å². The number of anilines is 1. The molecule has 1 aromatic carbocycles. The molecule has 1 aromatic rings. The van der Waals surface area contributed by atoms with E-state index in [0.29, 0.717) is 6.54 Å². The third-order valence-electron chi connectivity index (χ3n) is 4.29. The van der Waals surface area contributed by atoms with Gasteiger partial charge in [0.2, 0.25) is 0 Å². The summed E-state index contributed by atoms with van der Waals surface area (Å²) >= 11 is 0. The summed E-state index contributed by atoms with van der Waals surface area (Å²) in [5.41, 5.74) is 2.31. The summed E-state index contributed by atoms with van der Waals surface area (Å²) in [6, 6.07) is 5.22. The van der Waals surface area contributed by atoms with Gasteiger partial charge in [0, 0.05) is 30.9 Å². The molecule has 2 rings (SSSR count). The maximum atomic E-state index is 13.6. The Balaban J connectivity index is 2.17. The molecule has 0 aliphatic carbocycles. The minimum absolute atomic E-state index is 0.0391. The molecule has 118 valence electrons. The highest BCUT2D eigenvalue weighted by Gasteiger charge is 2.21. The Morgan fingerprint density at radius 1 is 1.33 bits per heavy atom. The van der Waals surface area contributed by atoms with Gasteiger partial charge >= 0.3 is 0 Å². The van der Waals surface area contributed by atoms with Crippen molar-refractivity contribution in [1.82, 2.24) is 5.32 Å². The predicted molar refractivity (Wildman–Crippen MR) is 88.2 cm³/mol. The first-order chi connectivity index (χ1) is 9.89. The molecule has 1 saturated heterocycles. The van der Waals surface area contributed by atoms with Crippen LogP contribution in [0.1, 0.15) is 52.5 Å². The summed E-state index contributed by atoms with van der Waals surface area (Å²) in [4.78, 5) is 2.44. The van der Waals surface area contributed by atoms with Crippen LogP contribution in [-0.2, 0) is 6.54 Å². The smallest absolute Gasteiger partial charge is 0.123 e. The van der Waals surface area contributed by atoms with Gasteiger partial charge in [-0.1, -0.05) is 13.3 Å². The Kier molecular flexibility index (Phi) is 5.26. The van der Waals surface area contributed by atoms with Crippen molar-refractivity contribution >= 4 is 5.69 Å². The molecule has 1 N–H and O–H groups in total. The lowest BCUT2D eigenvalue weighted by molar-refractivity contribution is 0.401. The van der Waals surface area contributed by atoms with E-state index in [4.69, 9.17) is 0 Å². The van der Waals surface area contributed by atoms with E-state index in [-0.39, 0.29) is 11.4 Å². The van der Waals surface area contributed by atoms with E-state index in [2.05, 4.69) is 37.9 Å². The van der Waals surface area contributed by atoms with Crippen LogP contribution >= 0.6 is 0 Å². The van der Waals surface area contributed by atoms with E-state index in [1.165, 1.54) is 24.9 Å². The van der Waals surface area contributed by atoms with E-state index in [1.807, 2.05) is 6.07 Å². The largest absolute Gasteiger partial charge is 0.371 e. The van der Waals surface area contributed by atoms with Crippen LogP contribution in [0.25, 0.3) is 0 Å². The van der Waals surface area contributed by atoms with Crippen LogP contribution in [0, 0.1) is 11.7 Å². The number of halogens is 1. The van der Waals surface area contributed by atoms with Crippen LogP contribution < -0.4 is 10.2 Å². The lowest BCUT2D eigenvalue weighted by Gasteiger charge is -2.35. The summed E-state index contributed by atoms with van der Waals surface area (Å²) in [5.74, 6) is 0.626. The Bertz CT molecular complexity index is 465. The molecule has 0 bridgehead atoms. The second-order valence-electron chi connectivity index (χ2n) is 7.24. The Morgan fingerprint density at radius 3 is 2.76 bits per heavy atom. The van der Waals surface area contributed by atoms with Crippen LogP contribution in [0.2, 0.25) is 0 Å². The second kappa shape index (κ2) is 6.78. The second-order valence-corrected chi connectivity index (χ2v) is 7.24. The zero-order valence-corrected chi connectivity index (χ0v) is 13.9. The van der Waals surface area contributed by atoms with E-state index < -0.39 is 0 Å². The van der Waals surface area contributed by atoms with Crippen molar-refractivity contribution in [3.05, 3.63) is 29.6 Å². The number of nitrogens with zero attached hydrogens (tertiary/aromatic N) is 1. The normalized spacial score (nSPS) is 19.9. The minimum atomic E-state index is -0.145. The molecule has 1 heterocycles. The van der Waals surface area contributed by atoms with Gasteiger partial charge in [-0.25, -0.2) is 4.39 Å². The van der Waals surface area contributed by atoms with Gasteiger partial charge in [0.05, 0.1) is 0 Å². The third kappa shape index (κ3) is 4.70. The van der Waals surface area contributed by atoms with Crippen molar-refractivity contribution in [2.75, 3.05) is 18.0 Å². The molecule has 0 saturated carbocycles. The molecule has 0 aromatic heterocycles. The molecule has 0 spiro atoms. The maximum absolute atomic E-state index is 13.6. The van der Waals surface area contributed by atoms with Crippen LogP contribution in [0.4, 0.5) is 10.1 Å². The molecule has 1 unspecified atom stereocenters. The lowest BCUT2D eigenvalue weighted by Crippen LogP contribution is -2.38. The summed E-state index contributed by atoms with van der Waals surface area (Å²) in [6.07, 6.45) is 3.79. The highest BCUT2D eigenvalue weighted by atomic mass is 19.1. The maximum Gasteiger partial charge on any atom is 0.123 e. The topological polar surface area (TPSA) is 15.3 Å². The van der Waals surface area contributed by atoms with Crippen molar-refractivity contribution in [3.63, 3.8) is 0 Å². The number of benzene rings is 1. The molecule has 0 radical (unpaired) electrons. The van der Waals surface area contributed by atoms with Gasteiger partial charge in [0.15, 0.2) is 0 Å². The molecule has 1 atom stereocenters. The Morgan fingerprint density at radius 2 is 2.10 bits per heavy atom. The summed E-state index contributed by atoms with van der Waals surface area (Å²) in [6.45, 7) is 11.6. The Labute approximate surface area is 128 Å². The fourth-order valence-electron chi connectivity index (χ4n) is 2.98. The van der Waals surface area contributed by atoms with Gasteiger partial charge in [0.25, 0.3) is 0 Å². The van der Waals surface area contributed by atoms with Crippen molar-refractivity contribution in [2.45, 2.75) is 59.0 Å². The molecule has 1 aliphatic heterocycles. The minimum Gasteiger partial charge on any atom is -0.371 e. The van der Waals surface area contributed by atoms with Crippen molar-refractivity contribution in [3.8, 4) is 0 Å². The van der Waals surface area contributed by atoms with Gasteiger partial charge in [0.1, 0.15) is 5.82 Å². The Hall–Kier alpha value is -1.09. The first-order valence-electron chi connectivity index (χ1n) is 8.17. The van der Waals surface area contributed by atoms with Gasteiger partial charge in [-0.05, 0) is 63.3 Å². The SMILES string of the molecule is CCC1CCCN(c2ccc(F)cc2CNC(C)(C)C)C1. The fourth-order valence-corrected chi connectivity index (χ4v) is 2.98. The van der Waals surface area contributed by atoms with Crippen LogP contribution in [0.3, 0.4) is 0 Å². The molecule has 0 amide bonds. The van der Waals surface area contributed by atoms with E-state index in [1.54, 1.807) is 12.1 Å². The highest BCUT2D eigenvalue weighted by Crippen LogP contribution is 2.28. The fraction of sp³-hybridized carbons (Fsp3) is 0.667. The van der Waals surface area contributed by atoms with Crippen LogP contribution in [-0.4, -0.2) is 18.6 Å². The quantitative estimate of drug-likeness (QED) is 0.888. The average Bonchev–Trinajstić information content (AvgIpc) is 2.44. The van der Waals surface area contributed by atoms with Gasteiger partial charge < -0.3 is 10.2 Å². The number of hydrogen-bond donors (Lipinski definition) is 1. The van der Waals surface area contributed by atoms with Gasteiger partial charge in [-0.15, -0.1) is 0 Å². The summed E-state index contributed by atoms with van der Waals surface area (Å²) in [7, 11) is 0. The van der Waals surface area contributed by atoms with Gasteiger partial charge in [-0.2, -0.15) is 0 Å². The number of hydrogen-bond acceptors (Lipinski definition) is 2. The van der Waals surface area contributed by atoms with Crippen molar-refractivity contribution in [1.29, 1.82) is 0 Å². The summed E-state index contributed by atoms with van der Waals surface area (Å²) in [5, 5.41) is 3.48. The number of nitrogens with one attached hydrogen (secondary N) is 1. The highest BCUT2D eigenvalue weighted by molar-refractivity contribution is 5.54. The first kappa shape index (κ1) is 16.3. The molecule has 1 fully saturated rings. The molecular weight excluding hydrogens is 263 g/mol. The lowest BCUT2D eigenvalue weighted by atomic mass is 9.94. The standard InChI is InChI=1S/C18H29FN2/c1-5-14-7-6-10-21(13-14)17-9-8-16(19)11-15(17)12-20-18(2,3)4/h8-9,11,14,20H,5-7,10,12-13H2,1-4H3. The van der Waals surface area contributed by atoms with Crippen LogP contribution in [0.5, 0.6) is 0 Å². The molecule has 1 aliphatic rings. The van der Waals surface area contributed by atoms with Gasteiger partial charge in [-0.3, -0.25) is 0 Å². The zero-order chi connectivity index (χ0) is 15.5. The first-order valence-corrected chi connectivity index (χ1v) is 8.17. The number of rotatable bonds is 4. The van der Waals surface area contributed by atoms with E-state index in [0.717, 1.165) is 24.6 Å². The zero-order valence-electron chi connectivity index (χ0n) is 13.9. The van der Waals surface area contributed by atoms with Crippen molar-refractivity contribution < 1.29 is 4.39 Å². The monoisotopic (exact) mass is 292 g/mol. The average molecular weight is 292 g/mol.